The molecule has 2 aromatic heterocycles. The summed E-state index contributed by atoms with van der Waals surface area (Å²) < 4.78 is 6.88. The van der Waals surface area contributed by atoms with E-state index in [2.05, 4.69) is 4.98 Å². The highest BCUT2D eigenvalue weighted by atomic mass is 16.4. The fraction of sp³-hybridized carbons (Fsp3) is 0.107. The van der Waals surface area contributed by atoms with Crippen LogP contribution in [-0.2, 0) is 13.1 Å². The number of carbonyl (C=O) groups is 2. The molecule has 35 heavy (non-hydrogen) atoms. The molecule has 0 unspecified atom stereocenters. The van der Waals surface area contributed by atoms with E-state index in [0.29, 0.717) is 24.0 Å². The Kier molecular flexibility index (Phi) is 5.89. The first-order valence-electron chi connectivity index (χ1n) is 11.2. The highest BCUT2D eigenvalue weighted by molar-refractivity contribution is 6.19. The van der Waals surface area contributed by atoms with Crippen LogP contribution in [0.3, 0.4) is 0 Å². The van der Waals surface area contributed by atoms with E-state index >= 15 is 0 Å². The Morgan fingerprint density at radius 2 is 1.46 bits per heavy atom. The Balaban J connectivity index is 1.51. The number of hydrogen-bond donors (Lipinski definition) is 1. The highest BCUT2D eigenvalue weighted by Gasteiger charge is 2.27. The molecule has 7 nitrogen and oxygen atoms in total. The summed E-state index contributed by atoms with van der Waals surface area (Å²) in [6.45, 7) is 2.39. The number of aromatic hydroxyl groups is 1. The maximum absolute atomic E-state index is 13.4. The van der Waals surface area contributed by atoms with E-state index in [1.807, 2.05) is 65.6 Å². The van der Waals surface area contributed by atoms with Crippen molar-refractivity contribution in [3.63, 3.8) is 0 Å². The zero-order chi connectivity index (χ0) is 24.4. The first-order chi connectivity index (χ1) is 17.0. The number of ketones is 1. The molecule has 1 N–H and O–H groups in total. The lowest BCUT2D eigenvalue weighted by molar-refractivity contribution is 0.0933. The number of para-hydroxylation sites is 1. The molecule has 174 valence electrons. The number of benzene rings is 3. The topological polar surface area (TPSA) is 88.6 Å². The van der Waals surface area contributed by atoms with Crippen LogP contribution in [-0.4, -0.2) is 26.3 Å². The number of rotatable bonds is 7. The largest absolute Gasteiger partial charge is 0.494 e. The predicted octanol–water partition coefficient (Wildman–Crippen LogP) is 5.43. The zero-order valence-corrected chi connectivity index (χ0v) is 19.1. The summed E-state index contributed by atoms with van der Waals surface area (Å²) in [4.78, 5) is 32.0. The van der Waals surface area contributed by atoms with Crippen molar-refractivity contribution in [1.82, 2.24) is 9.55 Å². The maximum atomic E-state index is 13.4. The molecule has 0 fully saturated rings. The third-order valence-electron chi connectivity index (χ3n) is 5.82. The fourth-order valence-corrected chi connectivity index (χ4v) is 4.21. The lowest BCUT2D eigenvalue weighted by atomic mass is 10.1. The summed E-state index contributed by atoms with van der Waals surface area (Å²) in [5, 5.41) is 11.2. The van der Waals surface area contributed by atoms with Crippen molar-refractivity contribution in [2.24, 2.45) is 0 Å². The van der Waals surface area contributed by atoms with Crippen LogP contribution in [0.25, 0.3) is 10.9 Å². The first-order valence-corrected chi connectivity index (χ1v) is 11.2. The van der Waals surface area contributed by atoms with Crippen LogP contribution < -0.4 is 4.90 Å². The van der Waals surface area contributed by atoms with Gasteiger partial charge in [-0.15, -0.1) is 0 Å². The number of carbonyl (C=O) groups excluding carboxylic acids is 2. The zero-order valence-electron chi connectivity index (χ0n) is 19.1. The molecule has 0 spiro atoms. The lowest BCUT2D eigenvalue weighted by Crippen LogP contribution is -2.22. The molecule has 0 amide bonds. The van der Waals surface area contributed by atoms with Crippen LogP contribution >= 0.6 is 0 Å². The molecule has 5 rings (SSSR count). The minimum absolute atomic E-state index is 0.0216. The van der Waals surface area contributed by atoms with Gasteiger partial charge in [-0.25, -0.2) is 0 Å². The second kappa shape index (κ2) is 9.30. The summed E-state index contributed by atoms with van der Waals surface area (Å²) in [6.07, 6.45) is 1.29. The molecule has 0 bridgehead atoms. The fourth-order valence-electron chi connectivity index (χ4n) is 4.21. The van der Waals surface area contributed by atoms with Crippen LogP contribution in [0.4, 0.5) is 6.01 Å². The third kappa shape index (κ3) is 4.31. The number of aromatic nitrogens is 2. The normalized spacial score (nSPS) is 11.0. The van der Waals surface area contributed by atoms with Crippen LogP contribution in [0.5, 0.6) is 5.88 Å². The second-order valence-corrected chi connectivity index (χ2v) is 8.24. The molecular formula is C28H23N3O4. The molecule has 5 aromatic rings. The van der Waals surface area contributed by atoms with Crippen LogP contribution in [0.15, 0.2) is 95.6 Å². The number of nitrogens with zero attached hydrogens (tertiary/aromatic N) is 3. The quantitative estimate of drug-likeness (QED) is 0.322. The first kappa shape index (κ1) is 22.2. The summed E-state index contributed by atoms with van der Waals surface area (Å²) >= 11 is 0. The number of hydrogen-bond acceptors (Lipinski definition) is 6. The van der Waals surface area contributed by atoms with Gasteiger partial charge in [0.2, 0.25) is 17.6 Å². The second-order valence-electron chi connectivity index (χ2n) is 8.24. The molecule has 0 saturated heterocycles. The van der Waals surface area contributed by atoms with Gasteiger partial charge in [-0.05, 0) is 17.2 Å². The third-order valence-corrected chi connectivity index (χ3v) is 5.82. The van der Waals surface area contributed by atoms with Gasteiger partial charge in [0.05, 0.1) is 11.1 Å². The van der Waals surface area contributed by atoms with E-state index in [-0.39, 0.29) is 17.3 Å². The van der Waals surface area contributed by atoms with E-state index in [1.165, 1.54) is 13.2 Å². The van der Waals surface area contributed by atoms with E-state index < -0.39 is 17.6 Å². The highest BCUT2D eigenvalue weighted by Crippen LogP contribution is 2.33. The maximum Gasteiger partial charge on any atom is 0.298 e. The lowest BCUT2D eigenvalue weighted by Gasteiger charge is -2.21. The molecule has 0 aliphatic carbocycles. The van der Waals surface area contributed by atoms with Gasteiger partial charge in [-0.2, -0.15) is 4.98 Å². The summed E-state index contributed by atoms with van der Waals surface area (Å²) in [6, 6.07) is 27.0. The number of fused-ring (bicyclic) bond motifs is 1. The van der Waals surface area contributed by atoms with Gasteiger partial charge in [-0.3, -0.25) is 14.2 Å². The van der Waals surface area contributed by atoms with E-state index in [4.69, 9.17) is 4.42 Å². The average molecular weight is 466 g/mol. The van der Waals surface area contributed by atoms with Crippen molar-refractivity contribution in [3.05, 3.63) is 114 Å². The number of anilines is 1. The smallest absolute Gasteiger partial charge is 0.298 e. The van der Waals surface area contributed by atoms with Crippen molar-refractivity contribution in [2.75, 3.05) is 4.90 Å². The SMILES string of the molecule is CC(=O)n1c(O)c(C(=O)c2coc(N(Cc3ccccc3)Cc3ccccc3)n2)c2ccccc21. The van der Waals surface area contributed by atoms with Crippen LogP contribution in [0, 0.1) is 0 Å². The van der Waals surface area contributed by atoms with Crippen molar-refractivity contribution in [1.29, 1.82) is 0 Å². The Morgan fingerprint density at radius 1 is 0.886 bits per heavy atom. The van der Waals surface area contributed by atoms with E-state index in [0.717, 1.165) is 15.7 Å². The molecule has 0 aliphatic heterocycles. The molecule has 0 radical (unpaired) electrons. The van der Waals surface area contributed by atoms with Gasteiger partial charge in [0.15, 0.2) is 5.69 Å². The average Bonchev–Trinajstić information content (AvgIpc) is 3.47. The molecule has 2 heterocycles. The van der Waals surface area contributed by atoms with Crippen LogP contribution in [0.2, 0.25) is 0 Å². The molecular weight excluding hydrogens is 442 g/mol. The summed E-state index contributed by atoms with van der Waals surface area (Å²) in [7, 11) is 0. The van der Waals surface area contributed by atoms with Gasteiger partial charge >= 0.3 is 0 Å². The minimum Gasteiger partial charge on any atom is -0.494 e. The van der Waals surface area contributed by atoms with Crippen molar-refractivity contribution in [2.45, 2.75) is 20.0 Å². The van der Waals surface area contributed by atoms with Gasteiger partial charge in [-0.1, -0.05) is 78.9 Å². The Hall–Kier alpha value is -4.65. The van der Waals surface area contributed by atoms with Crippen LogP contribution in [0.1, 0.15) is 38.9 Å². The van der Waals surface area contributed by atoms with Gasteiger partial charge in [0.1, 0.15) is 6.26 Å². The van der Waals surface area contributed by atoms with Gasteiger partial charge < -0.3 is 14.4 Å². The number of oxazole rings is 1. The molecule has 0 atom stereocenters. The monoisotopic (exact) mass is 465 g/mol. The van der Waals surface area contributed by atoms with Gasteiger partial charge in [0.25, 0.3) is 6.01 Å². The molecule has 0 saturated carbocycles. The van der Waals surface area contributed by atoms with E-state index in [1.54, 1.807) is 24.3 Å². The Labute approximate surface area is 201 Å². The Morgan fingerprint density at radius 3 is 2.06 bits per heavy atom. The molecule has 3 aromatic carbocycles. The predicted molar refractivity (Wildman–Crippen MR) is 133 cm³/mol. The van der Waals surface area contributed by atoms with Gasteiger partial charge in [0, 0.05) is 25.4 Å². The van der Waals surface area contributed by atoms with E-state index in [9.17, 15) is 14.7 Å². The molecule has 7 heteroatoms. The van der Waals surface area contributed by atoms with Crippen molar-refractivity contribution in [3.8, 4) is 5.88 Å². The standard InChI is InChI=1S/C28H23N3O4/c1-19(32)31-24-15-9-8-14-22(24)25(27(31)34)26(33)23-18-35-28(29-23)30(16-20-10-4-2-5-11-20)17-21-12-6-3-7-13-21/h2-15,18,34H,16-17H2,1H3. The summed E-state index contributed by atoms with van der Waals surface area (Å²) in [5.41, 5.74) is 2.66. The minimum atomic E-state index is -0.520. The Bertz CT molecular complexity index is 1460. The van der Waals surface area contributed by atoms with Crippen molar-refractivity contribution >= 4 is 28.6 Å². The van der Waals surface area contributed by atoms with Crippen molar-refractivity contribution < 1.29 is 19.1 Å². The molecule has 0 aliphatic rings. The summed E-state index contributed by atoms with van der Waals surface area (Å²) in [5.74, 6) is -1.32.